The van der Waals surface area contributed by atoms with E-state index in [-0.39, 0.29) is 17.9 Å². The molecule has 0 aromatic heterocycles. The van der Waals surface area contributed by atoms with Crippen molar-refractivity contribution in [3.05, 3.63) is 65.5 Å². The first-order valence-corrected chi connectivity index (χ1v) is 7.06. The third kappa shape index (κ3) is 5.10. The number of methoxy groups -OCH3 is 1. The molecule has 0 aliphatic rings. The number of carbonyl (C=O) groups is 2. The Bertz CT molecular complexity index is 686. The van der Waals surface area contributed by atoms with Gasteiger partial charge in [0.1, 0.15) is 11.6 Å². The van der Waals surface area contributed by atoms with Gasteiger partial charge in [-0.3, -0.25) is 20.4 Å². The van der Waals surface area contributed by atoms with E-state index in [0.717, 1.165) is 11.3 Å². The van der Waals surface area contributed by atoms with Gasteiger partial charge >= 0.3 is 0 Å². The smallest absolute Gasteiger partial charge is 0.269 e. The Balaban J connectivity index is 1.78. The molecule has 0 saturated heterocycles. The van der Waals surface area contributed by atoms with Gasteiger partial charge in [-0.1, -0.05) is 12.1 Å². The van der Waals surface area contributed by atoms with Crippen LogP contribution in [0.1, 0.15) is 22.3 Å². The van der Waals surface area contributed by atoms with Gasteiger partial charge in [0, 0.05) is 12.0 Å². The second-order valence-corrected chi connectivity index (χ2v) is 4.86. The molecule has 2 rings (SSSR count). The van der Waals surface area contributed by atoms with E-state index in [1.165, 1.54) is 24.3 Å². The van der Waals surface area contributed by atoms with Crippen LogP contribution in [-0.2, 0) is 11.2 Å². The van der Waals surface area contributed by atoms with Crippen LogP contribution in [0.3, 0.4) is 0 Å². The minimum Gasteiger partial charge on any atom is -0.497 e. The highest BCUT2D eigenvalue weighted by Gasteiger charge is 2.08. The molecule has 2 amide bonds. The van der Waals surface area contributed by atoms with Crippen LogP contribution in [0.5, 0.6) is 5.75 Å². The Morgan fingerprint density at radius 3 is 2.52 bits per heavy atom. The third-order valence-electron chi connectivity index (χ3n) is 3.20. The van der Waals surface area contributed by atoms with Gasteiger partial charge in [0.25, 0.3) is 5.91 Å². The van der Waals surface area contributed by atoms with E-state index in [0.29, 0.717) is 6.42 Å². The molecule has 0 aliphatic carbocycles. The first-order valence-electron chi connectivity index (χ1n) is 7.06. The first-order chi connectivity index (χ1) is 11.1. The Labute approximate surface area is 133 Å². The molecule has 0 radical (unpaired) electrons. The van der Waals surface area contributed by atoms with Crippen molar-refractivity contribution in [2.75, 3.05) is 7.11 Å². The number of halogens is 1. The summed E-state index contributed by atoms with van der Waals surface area (Å²) in [5.74, 6) is -0.514. The number of aryl methyl sites for hydroxylation is 1. The fraction of sp³-hybridized carbons (Fsp3) is 0.176. The summed E-state index contributed by atoms with van der Waals surface area (Å²) < 4.78 is 17.9. The van der Waals surface area contributed by atoms with Gasteiger partial charge in [-0.15, -0.1) is 0 Å². The van der Waals surface area contributed by atoms with Crippen molar-refractivity contribution in [3.63, 3.8) is 0 Å². The molecule has 0 heterocycles. The molecule has 23 heavy (non-hydrogen) atoms. The number of hydrogen-bond acceptors (Lipinski definition) is 3. The largest absolute Gasteiger partial charge is 0.497 e. The summed E-state index contributed by atoms with van der Waals surface area (Å²) in [6, 6.07) is 12.5. The van der Waals surface area contributed by atoms with Crippen LogP contribution in [-0.4, -0.2) is 18.9 Å². The molecule has 0 bridgehead atoms. The molecule has 0 aliphatic heterocycles. The fourth-order valence-electron chi connectivity index (χ4n) is 1.95. The van der Waals surface area contributed by atoms with E-state index in [1.807, 2.05) is 24.3 Å². The maximum absolute atomic E-state index is 12.8. The topological polar surface area (TPSA) is 67.4 Å². The maximum atomic E-state index is 12.8. The van der Waals surface area contributed by atoms with Crippen LogP contribution < -0.4 is 15.6 Å². The van der Waals surface area contributed by atoms with Gasteiger partial charge in [0.2, 0.25) is 5.91 Å². The summed E-state index contributed by atoms with van der Waals surface area (Å²) in [5.41, 5.74) is 5.85. The summed E-state index contributed by atoms with van der Waals surface area (Å²) in [4.78, 5) is 23.5. The highest BCUT2D eigenvalue weighted by atomic mass is 19.1. The summed E-state index contributed by atoms with van der Waals surface area (Å²) in [6.07, 6.45) is 0.742. The molecule has 2 aromatic carbocycles. The zero-order chi connectivity index (χ0) is 16.7. The molecule has 5 nitrogen and oxygen atoms in total. The lowest BCUT2D eigenvalue weighted by Crippen LogP contribution is -2.41. The van der Waals surface area contributed by atoms with Crippen LogP contribution in [0.15, 0.2) is 48.5 Å². The van der Waals surface area contributed by atoms with E-state index in [2.05, 4.69) is 10.9 Å². The molecule has 0 spiro atoms. The van der Waals surface area contributed by atoms with Gasteiger partial charge < -0.3 is 4.74 Å². The van der Waals surface area contributed by atoms with Crippen molar-refractivity contribution in [3.8, 4) is 5.75 Å². The van der Waals surface area contributed by atoms with E-state index >= 15 is 0 Å². The Kier molecular flexibility index (Phi) is 5.68. The molecule has 120 valence electrons. The minimum absolute atomic E-state index is 0.219. The number of hydrogen-bond donors (Lipinski definition) is 2. The van der Waals surface area contributed by atoms with Gasteiger partial charge in [-0.05, 0) is 48.4 Å². The van der Waals surface area contributed by atoms with E-state index in [1.54, 1.807) is 7.11 Å². The van der Waals surface area contributed by atoms with Crippen molar-refractivity contribution in [2.45, 2.75) is 12.8 Å². The average molecular weight is 316 g/mol. The highest BCUT2D eigenvalue weighted by molar-refractivity contribution is 5.95. The summed E-state index contributed by atoms with van der Waals surface area (Å²) in [6.45, 7) is 0. The number of amides is 2. The van der Waals surface area contributed by atoms with Crippen molar-refractivity contribution in [1.29, 1.82) is 0 Å². The zero-order valence-electron chi connectivity index (χ0n) is 12.6. The molecule has 0 fully saturated rings. The Morgan fingerprint density at radius 1 is 1.09 bits per heavy atom. The summed E-state index contributed by atoms with van der Waals surface area (Å²) in [7, 11) is 1.58. The number of hydrazine groups is 1. The van der Waals surface area contributed by atoms with Crippen LogP contribution in [0.4, 0.5) is 4.39 Å². The summed E-state index contributed by atoms with van der Waals surface area (Å²) >= 11 is 0. The molecular weight excluding hydrogens is 299 g/mol. The Morgan fingerprint density at radius 2 is 1.83 bits per heavy atom. The van der Waals surface area contributed by atoms with Crippen LogP contribution >= 0.6 is 0 Å². The first kappa shape index (κ1) is 16.5. The molecule has 0 atom stereocenters. The molecule has 6 heteroatoms. The molecule has 0 saturated carbocycles. The maximum Gasteiger partial charge on any atom is 0.269 e. The van der Waals surface area contributed by atoms with Crippen molar-refractivity contribution in [2.24, 2.45) is 0 Å². The normalized spacial score (nSPS) is 10.0. The monoisotopic (exact) mass is 316 g/mol. The predicted molar refractivity (Wildman–Crippen MR) is 83.3 cm³/mol. The van der Waals surface area contributed by atoms with E-state index in [9.17, 15) is 14.0 Å². The zero-order valence-corrected chi connectivity index (χ0v) is 12.6. The van der Waals surface area contributed by atoms with Crippen LogP contribution in [0, 0.1) is 5.82 Å². The minimum atomic E-state index is -0.500. The van der Waals surface area contributed by atoms with Gasteiger partial charge in [-0.2, -0.15) is 0 Å². The molecule has 0 unspecified atom stereocenters. The second kappa shape index (κ2) is 7.93. The standard InChI is InChI=1S/C17H17FN2O3/c1-23-15-4-2-3-12(11-15)5-10-16(21)19-20-17(22)13-6-8-14(18)9-7-13/h2-4,6-9,11H,5,10H2,1H3,(H,19,21)(H,20,22). The number of carbonyl (C=O) groups excluding carboxylic acids is 2. The molecule has 2 N–H and O–H groups in total. The lowest BCUT2D eigenvalue weighted by atomic mass is 10.1. The Hall–Kier alpha value is -2.89. The SMILES string of the molecule is COc1cccc(CCC(=O)NNC(=O)c2ccc(F)cc2)c1. The molecule has 2 aromatic rings. The predicted octanol–water partition coefficient (Wildman–Crippen LogP) is 2.23. The van der Waals surface area contributed by atoms with Gasteiger partial charge in [0.15, 0.2) is 0 Å². The fourth-order valence-corrected chi connectivity index (χ4v) is 1.95. The lowest BCUT2D eigenvalue weighted by molar-refractivity contribution is -0.121. The molecular formula is C17H17FN2O3. The van der Waals surface area contributed by atoms with Gasteiger partial charge in [0.05, 0.1) is 7.11 Å². The number of nitrogens with one attached hydrogen (secondary N) is 2. The van der Waals surface area contributed by atoms with E-state index < -0.39 is 11.7 Å². The quantitative estimate of drug-likeness (QED) is 0.831. The summed E-state index contributed by atoms with van der Waals surface area (Å²) in [5, 5.41) is 0. The lowest BCUT2D eigenvalue weighted by Gasteiger charge is -2.08. The van der Waals surface area contributed by atoms with Crippen molar-refractivity contribution >= 4 is 11.8 Å². The van der Waals surface area contributed by atoms with Crippen LogP contribution in [0.25, 0.3) is 0 Å². The van der Waals surface area contributed by atoms with E-state index in [4.69, 9.17) is 4.74 Å². The van der Waals surface area contributed by atoms with Crippen molar-refractivity contribution < 1.29 is 18.7 Å². The number of benzene rings is 2. The second-order valence-electron chi connectivity index (χ2n) is 4.86. The van der Waals surface area contributed by atoms with Crippen molar-refractivity contribution in [1.82, 2.24) is 10.9 Å². The van der Waals surface area contributed by atoms with Crippen LogP contribution in [0.2, 0.25) is 0 Å². The highest BCUT2D eigenvalue weighted by Crippen LogP contribution is 2.13. The van der Waals surface area contributed by atoms with Gasteiger partial charge in [-0.25, -0.2) is 4.39 Å². The number of rotatable bonds is 5. The number of ether oxygens (including phenoxy) is 1. The third-order valence-corrected chi connectivity index (χ3v) is 3.20. The average Bonchev–Trinajstić information content (AvgIpc) is 2.58.